The van der Waals surface area contributed by atoms with Gasteiger partial charge >= 0.3 is 0 Å². The topological polar surface area (TPSA) is 87.7 Å². The number of halogens is 1. The minimum absolute atomic E-state index is 0. The Bertz CT molecular complexity index is 1480. The second-order valence-electron chi connectivity index (χ2n) is 9.02. The van der Waals surface area contributed by atoms with Gasteiger partial charge in [0.05, 0.1) is 17.4 Å². The molecule has 0 aliphatic carbocycles. The van der Waals surface area contributed by atoms with Crippen LogP contribution in [0, 0.1) is 0 Å². The lowest BCUT2D eigenvalue weighted by molar-refractivity contribution is -0.122. The van der Waals surface area contributed by atoms with Crippen molar-refractivity contribution in [3.63, 3.8) is 0 Å². The van der Waals surface area contributed by atoms with Crippen molar-refractivity contribution < 1.29 is 19.1 Å². The summed E-state index contributed by atoms with van der Waals surface area (Å²) in [5, 5.41) is 14.3. The lowest BCUT2D eigenvalue weighted by atomic mass is 9.95. The minimum Gasteiger partial charge on any atom is -0.508 e. The van der Waals surface area contributed by atoms with Gasteiger partial charge in [-0.1, -0.05) is 18.2 Å². The number of hydrogen-bond donors (Lipinski definition) is 2. The first-order valence-corrected chi connectivity index (χ1v) is 11.7. The molecule has 0 saturated carbocycles. The number of hydrogen-bond acceptors (Lipinski definition) is 5. The predicted molar refractivity (Wildman–Crippen MR) is 137 cm³/mol. The fourth-order valence-electron chi connectivity index (χ4n) is 5.32. The van der Waals surface area contributed by atoms with Crippen molar-refractivity contribution >= 4 is 57.2 Å². The van der Waals surface area contributed by atoms with Crippen LogP contribution in [0.15, 0.2) is 59.3 Å². The van der Waals surface area contributed by atoms with Gasteiger partial charge in [-0.05, 0) is 63.2 Å². The summed E-state index contributed by atoms with van der Waals surface area (Å²) in [4.78, 5) is 28.5. The number of fused-ring (bicyclic) bond motifs is 2. The van der Waals surface area contributed by atoms with E-state index in [-0.39, 0.29) is 23.7 Å². The first-order chi connectivity index (χ1) is 16.6. The van der Waals surface area contributed by atoms with Gasteiger partial charge in [-0.3, -0.25) is 14.9 Å². The summed E-state index contributed by atoms with van der Waals surface area (Å²) in [6.07, 6.45) is 7.04. The quantitative estimate of drug-likeness (QED) is 0.386. The highest BCUT2D eigenvalue weighted by Gasteiger charge is 2.35. The highest BCUT2D eigenvalue weighted by atomic mass is 35.5. The Morgan fingerprint density at radius 1 is 0.943 bits per heavy atom. The number of imide groups is 1. The lowest BCUT2D eigenvalue weighted by Crippen LogP contribution is -2.22. The van der Waals surface area contributed by atoms with Crippen molar-refractivity contribution in [3.8, 4) is 5.75 Å². The molecule has 0 unspecified atom stereocenters. The number of carbonyl (C=O) groups is 2. The summed E-state index contributed by atoms with van der Waals surface area (Å²) >= 11 is 0. The van der Waals surface area contributed by atoms with Gasteiger partial charge in [-0.2, -0.15) is 0 Å². The molecule has 4 heterocycles. The summed E-state index contributed by atoms with van der Waals surface area (Å²) in [6.45, 7) is 4.21. The Balaban J connectivity index is 0.00000253. The molecule has 8 heteroatoms. The number of rotatable bonds is 6. The fraction of sp³-hybridized carbons (Fsp3) is 0.259. The molecule has 2 amide bonds. The van der Waals surface area contributed by atoms with Crippen LogP contribution in [-0.2, 0) is 16.1 Å². The molecule has 0 spiro atoms. The van der Waals surface area contributed by atoms with E-state index in [4.69, 9.17) is 4.42 Å². The fourth-order valence-corrected chi connectivity index (χ4v) is 5.32. The summed E-state index contributed by atoms with van der Waals surface area (Å²) in [6, 6.07) is 12.7. The molecule has 1 fully saturated rings. The standard InChI is InChI=1S/C27H25N3O4.ClH/c31-18-14-17-8-13-34-25(17)20(15-18)23-24(27(33)28-26(23)32)21-16-30(22-7-2-1-6-19(21)22)12-5-11-29-9-3-4-10-29;/h1-2,6-8,13-16,31H,3-5,9-12H2,(H,28,32,33);1H. The molecule has 2 aliphatic rings. The number of carbonyl (C=O) groups excluding carboxylic acids is 2. The molecule has 2 aliphatic heterocycles. The first-order valence-electron chi connectivity index (χ1n) is 11.7. The van der Waals surface area contributed by atoms with Crippen LogP contribution in [0.25, 0.3) is 33.0 Å². The van der Waals surface area contributed by atoms with Crippen molar-refractivity contribution in [2.45, 2.75) is 25.8 Å². The van der Waals surface area contributed by atoms with E-state index in [1.165, 1.54) is 38.3 Å². The molecule has 2 aromatic carbocycles. The van der Waals surface area contributed by atoms with E-state index >= 15 is 0 Å². The second kappa shape index (κ2) is 9.24. The van der Waals surface area contributed by atoms with Gasteiger partial charge < -0.3 is 19.0 Å². The molecule has 6 rings (SSSR count). The largest absolute Gasteiger partial charge is 0.508 e. The number of aromatic hydroxyl groups is 1. The predicted octanol–water partition coefficient (Wildman–Crippen LogP) is 4.57. The Morgan fingerprint density at radius 3 is 2.49 bits per heavy atom. The number of furan rings is 1. The Hall–Kier alpha value is -3.55. The number of nitrogens with one attached hydrogen (secondary N) is 1. The monoisotopic (exact) mass is 491 g/mol. The van der Waals surface area contributed by atoms with Crippen LogP contribution in [-0.4, -0.2) is 46.0 Å². The number of phenolic OH excluding ortho intramolecular Hbond substituents is 1. The SMILES string of the molecule is Cl.O=C1NC(=O)C(c2cc(O)cc3ccoc23)=C1c1cn(CCCN2CCCC2)c2ccccc12. The van der Waals surface area contributed by atoms with E-state index in [0.717, 1.165) is 30.4 Å². The summed E-state index contributed by atoms with van der Waals surface area (Å²) in [5.41, 5.74) is 3.13. The molecule has 0 bridgehead atoms. The lowest BCUT2D eigenvalue weighted by Gasteiger charge is -2.14. The minimum atomic E-state index is -0.492. The van der Waals surface area contributed by atoms with Crippen LogP contribution in [0.3, 0.4) is 0 Å². The van der Waals surface area contributed by atoms with Crippen LogP contribution >= 0.6 is 12.4 Å². The number of phenols is 1. The highest BCUT2D eigenvalue weighted by Crippen LogP contribution is 2.39. The molecular weight excluding hydrogens is 466 g/mol. The van der Waals surface area contributed by atoms with E-state index in [0.29, 0.717) is 27.7 Å². The maximum atomic E-state index is 13.1. The van der Waals surface area contributed by atoms with Gasteiger partial charge in [0, 0.05) is 40.2 Å². The Labute approximate surface area is 208 Å². The summed E-state index contributed by atoms with van der Waals surface area (Å²) < 4.78 is 7.81. The van der Waals surface area contributed by atoms with Gasteiger partial charge in [0.2, 0.25) is 0 Å². The van der Waals surface area contributed by atoms with Crippen LogP contribution in [0.1, 0.15) is 30.4 Å². The number of likely N-dealkylation sites (tertiary alicyclic amines) is 1. The highest BCUT2D eigenvalue weighted by molar-refractivity contribution is 6.50. The van der Waals surface area contributed by atoms with Crippen LogP contribution < -0.4 is 5.32 Å². The van der Waals surface area contributed by atoms with Gasteiger partial charge in [0.1, 0.15) is 11.3 Å². The van der Waals surface area contributed by atoms with E-state index in [1.807, 2.05) is 30.5 Å². The van der Waals surface area contributed by atoms with Crippen molar-refractivity contribution in [1.82, 2.24) is 14.8 Å². The van der Waals surface area contributed by atoms with Gasteiger partial charge in [0.15, 0.2) is 0 Å². The zero-order valence-corrected chi connectivity index (χ0v) is 19.9. The molecule has 0 radical (unpaired) electrons. The van der Waals surface area contributed by atoms with Crippen molar-refractivity contribution in [2.24, 2.45) is 0 Å². The van der Waals surface area contributed by atoms with Gasteiger partial charge in [-0.25, -0.2) is 0 Å². The van der Waals surface area contributed by atoms with Crippen molar-refractivity contribution in [1.29, 1.82) is 0 Å². The number of para-hydroxylation sites is 1. The molecule has 180 valence electrons. The molecule has 2 aromatic heterocycles. The molecule has 1 saturated heterocycles. The summed E-state index contributed by atoms with van der Waals surface area (Å²) in [7, 11) is 0. The molecular formula is C27H26ClN3O4. The Morgan fingerprint density at radius 2 is 1.69 bits per heavy atom. The smallest absolute Gasteiger partial charge is 0.259 e. The average molecular weight is 492 g/mol. The summed E-state index contributed by atoms with van der Waals surface area (Å²) in [5.74, 6) is -0.926. The Kier molecular flexibility index (Phi) is 6.13. The molecule has 35 heavy (non-hydrogen) atoms. The molecule has 0 atom stereocenters. The number of nitrogens with zero attached hydrogens (tertiary/aromatic N) is 2. The third-order valence-corrected chi connectivity index (χ3v) is 6.87. The van der Waals surface area contributed by atoms with Crippen LogP contribution in [0.4, 0.5) is 0 Å². The van der Waals surface area contributed by atoms with Crippen molar-refractivity contribution in [3.05, 3.63) is 66.1 Å². The number of aryl methyl sites for hydroxylation is 1. The molecule has 2 N–H and O–H groups in total. The number of aromatic nitrogens is 1. The first kappa shape index (κ1) is 23.2. The number of amides is 2. The van der Waals surface area contributed by atoms with E-state index in [2.05, 4.69) is 14.8 Å². The number of benzene rings is 2. The normalized spacial score (nSPS) is 16.5. The molecule has 7 nitrogen and oxygen atoms in total. The van der Waals surface area contributed by atoms with Crippen LogP contribution in [0.5, 0.6) is 5.75 Å². The van der Waals surface area contributed by atoms with E-state index in [9.17, 15) is 14.7 Å². The van der Waals surface area contributed by atoms with Gasteiger partial charge in [0.25, 0.3) is 11.8 Å². The zero-order valence-electron chi connectivity index (χ0n) is 19.1. The molecule has 4 aromatic rings. The third-order valence-electron chi connectivity index (χ3n) is 6.87. The van der Waals surface area contributed by atoms with E-state index < -0.39 is 11.8 Å². The second-order valence-corrected chi connectivity index (χ2v) is 9.02. The van der Waals surface area contributed by atoms with E-state index in [1.54, 1.807) is 12.1 Å². The third kappa shape index (κ3) is 4.00. The van der Waals surface area contributed by atoms with Gasteiger partial charge in [-0.15, -0.1) is 12.4 Å². The van der Waals surface area contributed by atoms with Crippen molar-refractivity contribution in [2.75, 3.05) is 19.6 Å². The van der Waals surface area contributed by atoms with Crippen LogP contribution in [0.2, 0.25) is 0 Å². The maximum absolute atomic E-state index is 13.1. The maximum Gasteiger partial charge on any atom is 0.259 e. The average Bonchev–Trinajstić information content (AvgIpc) is 3.60. The zero-order chi connectivity index (χ0) is 23.2.